The van der Waals surface area contributed by atoms with E-state index in [9.17, 15) is 9.90 Å². The number of aromatic hydroxyl groups is 1. The number of anilines is 2. The topological polar surface area (TPSA) is 85.2 Å². The van der Waals surface area contributed by atoms with Crippen LogP contribution in [0.3, 0.4) is 0 Å². The van der Waals surface area contributed by atoms with Crippen molar-refractivity contribution in [3.63, 3.8) is 0 Å². The Morgan fingerprint density at radius 1 is 1.26 bits per heavy atom. The van der Waals surface area contributed by atoms with Crippen molar-refractivity contribution in [3.8, 4) is 11.8 Å². The molecule has 0 fully saturated rings. The number of carbonyl (C=O) groups is 1. The summed E-state index contributed by atoms with van der Waals surface area (Å²) >= 11 is 2.22. The van der Waals surface area contributed by atoms with Crippen LogP contribution in [0.25, 0.3) is 0 Å². The molecule has 0 aliphatic heterocycles. The standard InChI is InChI=1S/C17H14IN3O2/c1-11-8-13(18)2-7-16(11)20-10-12(9-19)17(23)21-14-3-5-15(22)6-4-14/h2-8,10,20,22H,1H3,(H,21,23)/b12-10-. The maximum atomic E-state index is 12.1. The highest BCUT2D eigenvalue weighted by molar-refractivity contribution is 14.1. The third-order valence-electron chi connectivity index (χ3n) is 3.05. The largest absolute Gasteiger partial charge is 0.508 e. The van der Waals surface area contributed by atoms with E-state index in [0.29, 0.717) is 5.69 Å². The monoisotopic (exact) mass is 419 g/mol. The van der Waals surface area contributed by atoms with Crippen LogP contribution in [0, 0.1) is 21.8 Å². The van der Waals surface area contributed by atoms with Crippen molar-refractivity contribution >= 4 is 39.9 Å². The number of nitrogens with one attached hydrogen (secondary N) is 2. The molecular weight excluding hydrogens is 405 g/mol. The van der Waals surface area contributed by atoms with Gasteiger partial charge in [0.1, 0.15) is 17.4 Å². The van der Waals surface area contributed by atoms with E-state index in [-0.39, 0.29) is 11.3 Å². The first kappa shape index (κ1) is 16.8. The van der Waals surface area contributed by atoms with Crippen LogP contribution in [0.15, 0.2) is 54.2 Å². The lowest BCUT2D eigenvalue weighted by Gasteiger charge is -2.07. The van der Waals surface area contributed by atoms with Crippen molar-refractivity contribution in [3.05, 3.63) is 63.4 Å². The molecule has 0 aliphatic carbocycles. The molecule has 0 aromatic heterocycles. The van der Waals surface area contributed by atoms with E-state index in [1.807, 2.05) is 31.2 Å². The highest BCUT2D eigenvalue weighted by atomic mass is 127. The zero-order chi connectivity index (χ0) is 16.8. The average molecular weight is 419 g/mol. The molecule has 116 valence electrons. The Kier molecular flexibility index (Phi) is 5.60. The van der Waals surface area contributed by atoms with Gasteiger partial charge in [-0.1, -0.05) is 0 Å². The summed E-state index contributed by atoms with van der Waals surface area (Å²) in [5.74, 6) is -0.413. The minimum Gasteiger partial charge on any atom is -0.508 e. The summed E-state index contributed by atoms with van der Waals surface area (Å²) in [4.78, 5) is 12.1. The maximum Gasteiger partial charge on any atom is 0.267 e. The molecule has 2 rings (SSSR count). The number of nitriles is 1. The molecule has 0 radical (unpaired) electrons. The van der Waals surface area contributed by atoms with Gasteiger partial charge in [0.15, 0.2) is 0 Å². The first-order chi connectivity index (χ1) is 11.0. The molecule has 0 unspecified atom stereocenters. The predicted molar refractivity (Wildman–Crippen MR) is 98.0 cm³/mol. The van der Waals surface area contributed by atoms with Gasteiger partial charge >= 0.3 is 0 Å². The van der Waals surface area contributed by atoms with Crippen LogP contribution in [-0.4, -0.2) is 11.0 Å². The number of nitrogens with zero attached hydrogens (tertiary/aromatic N) is 1. The second-order valence-corrected chi connectivity index (χ2v) is 6.02. The summed E-state index contributed by atoms with van der Waals surface area (Å²) in [5.41, 5.74) is 2.30. The van der Waals surface area contributed by atoms with Gasteiger partial charge in [-0.15, -0.1) is 0 Å². The number of benzene rings is 2. The van der Waals surface area contributed by atoms with Gasteiger partial charge < -0.3 is 15.7 Å². The van der Waals surface area contributed by atoms with Gasteiger partial charge in [0, 0.05) is 21.1 Å². The van der Waals surface area contributed by atoms with Crippen molar-refractivity contribution < 1.29 is 9.90 Å². The molecule has 3 N–H and O–H groups in total. The Bertz CT molecular complexity index is 792. The first-order valence-corrected chi connectivity index (χ1v) is 7.81. The Labute approximate surface area is 147 Å². The molecule has 0 aliphatic rings. The number of phenolic OH excluding ortho intramolecular Hbond substituents is 1. The first-order valence-electron chi connectivity index (χ1n) is 6.73. The fraction of sp³-hybridized carbons (Fsp3) is 0.0588. The molecule has 0 bridgehead atoms. The van der Waals surface area contributed by atoms with Crippen LogP contribution >= 0.6 is 22.6 Å². The Morgan fingerprint density at radius 2 is 1.96 bits per heavy atom. The molecule has 5 nitrogen and oxygen atoms in total. The number of halogens is 1. The van der Waals surface area contributed by atoms with Crippen LogP contribution in [0.5, 0.6) is 5.75 Å². The molecular formula is C17H14IN3O2. The molecule has 2 aromatic rings. The number of phenols is 1. The molecule has 0 saturated carbocycles. The van der Waals surface area contributed by atoms with E-state index in [0.717, 1.165) is 14.8 Å². The highest BCUT2D eigenvalue weighted by Crippen LogP contribution is 2.18. The molecule has 23 heavy (non-hydrogen) atoms. The maximum absolute atomic E-state index is 12.1. The third kappa shape index (κ3) is 4.72. The molecule has 0 atom stereocenters. The van der Waals surface area contributed by atoms with Crippen molar-refractivity contribution in [2.75, 3.05) is 10.6 Å². The zero-order valence-corrected chi connectivity index (χ0v) is 14.5. The predicted octanol–water partition coefficient (Wildman–Crippen LogP) is 3.76. The van der Waals surface area contributed by atoms with Crippen LogP contribution in [0.4, 0.5) is 11.4 Å². The summed E-state index contributed by atoms with van der Waals surface area (Å²) in [7, 11) is 0. The van der Waals surface area contributed by atoms with Crippen molar-refractivity contribution in [2.24, 2.45) is 0 Å². The lowest BCUT2D eigenvalue weighted by Crippen LogP contribution is -2.14. The Hall–Kier alpha value is -2.53. The van der Waals surface area contributed by atoms with Gasteiger partial charge in [-0.25, -0.2) is 0 Å². The highest BCUT2D eigenvalue weighted by Gasteiger charge is 2.09. The molecule has 2 aromatic carbocycles. The molecule has 0 heterocycles. The number of aryl methyl sites for hydroxylation is 1. The third-order valence-corrected chi connectivity index (χ3v) is 3.72. The lowest BCUT2D eigenvalue weighted by atomic mass is 10.2. The number of amides is 1. The van der Waals surface area contributed by atoms with Crippen molar-refractivity contribution in [2.45, 2.75) is 6.92 Å². The summed E-state index contributed by atoms with van der Waals surface area (Å²) in [6, 6.07) is 13.7. The average Bonchev–Trinajstić information content (AvgIpc) is 2.52. The minimum absolute atomic E-state index is 0.0453. The van der Waals surface area contributed by atoms with Gasteiger partial charge in [0.25, 0.3) is 5.91 Å². The Balaban J connectivity index is 2.10. The quantitative estimate of drug-likeness (QED) is 0.305. The van der Waals surface area contributed by atoms with E-state index >= 15 is 0 Å². The normalized spacial score (nSPS) is 10.7. The second-order valence-electron chi connectivity index (χ2n) is 4.77. The van der Waals surface area contributed by atoms with E-state index in [1.165, 1.54) is 18.3 Å². The Morgan fingerprint density at radius 3 is 2.57 bits per heavy atom. The molecule has 0 saturated heterocycles. The van der Waals surface area contributed by atoms with Gasteiger partial charge in [-0.2, -0.15) is 5.26 Å². The van der Waals surface area contributed by atoms with E-state index < -0.39 is 5.91 Å². The van der Waals surface area contributed by atoms with Crippen LogP contribution in [0.2, 0.25) is 0 Å². The summed E-state index contributed by atoms with van der Waals surface area (Å²) in [6.07, 6.45) is 1.38. The van der Waals surface area contributed by atoms with Crippen molar-refractivity contribution in [1.29, 1.82) is 5.26 Å². The van der Waals surface area contributed by atoms with E-state index in [4.69, 9.17) is 5.26 Å². The SMILES string of the molecule is Cc1cc(I)ccc1N/C=C(/C#N)C(=O)Nc1ccc(O)cc1. The van der Waals surface area contributed by atoms with E-state index in [2.05, 4.69) is 33.2 Å². The van der Waals surface area contributed by atoms with Crippen LogP contribution in [0.1, 0.15) is 5.56 Å². The zero-order valence-electron chi connectivity index (χ0n) is 12.3. The summed E-state index contributed by atoms with van der Waals surface area (Å²) in [5, 5.41) is 23.9. The van der Waals surface area contributed by atoms with E-state index in [1.54, 1.807) is 12.1 Å². The lowest BCUT2D eigenvalue weighted by molar-refractivity contribution is -0.112. The minimum atomic E-state index is -0.520. The number of hydrogen-bond donors (Lipinski definition) is 3. The van der Waals surface area contributed by atoms with Crippen LogP contribution < -0.4 is 10.6 Å². The van der Waals surface area contributed by atoms with Gasteiger partial charge in [0.05, 0.1) is 0 Å². The van der Waals surface area contributed by atoms with Crippen LogP contribution in [-0.2, 0) is 4.79 Å². The van der Waals surface area contributed by atoms with Gasteiger partial charge in [0.2, 0.25) is 0 Å². The molecule has 6 heteroatoms. The van der Waals surface area contributed by atoms with Crippen molar-refractivity contribution in [1.82, 2.24) is 0 Å². The summed E-state index contributed by atoms with van der Waals surface area (Å²) < 4.78 is 1.11. The molecule has 0 spiro atoms. The second kappa shape index (κ2) is 7.65. The number of rotatable bonds is 4. The number of hydrogen-bond acceptors (Lipinski definition) is 4. The smallest absolute Gasteiger partial charge is 0.267 e. The molecule has 1 amide bonds. The van der Waals surface area contributed by atoms with Gasteiger partial charge in [-0.05, 0) is 77.5 Å². The number of carbonyl (C=O) groups excluding carboxylic acids is 1. The fourth-order valence-electron chi connectivity index (χ4n) is 1.83. The summed E-state index contributed by atoms with van der Waals surface area (Å²) in [6.45, 7) is 1.95. The fourth-order valence-corrected chi connectivity index (χ4v) is 2.48. The van der Waals surface area contributed by atoms with Gasteiger partial charge in [-0.3, -0.25) is 4.79 Å².